The van der Waals surface area contributed by atoms with Gasteiger partial charge in [-0.15, -0.1) is 0 Å². The summed E-state index contributed by atoms with van der Waals surface area (Å²) in [5, 5.41) is 13.3. The summed E-state index contributed by atoms with van der Waals surface area (Å²) < 4.78 is 5.20. The minimum absolute atomic E-state index is 0.498. The molecule has 0 aliphatic carbocycles. The first-order valence-corrected chi connectivity index (χ1v) is 5.61. The van der Waals surface area contributed by atoms with E-state index in [0.29, 0.717) is 27.1 Å². The maximum absolute atomic E-state index is 9.03. The van der Waals surface area contributed by atoms with Gasteiger partial charge in [-0.3, -0.25) is 0 Å². The third kappa shape index (κ3) is 2.29. The summed E-state index contributed by atoms with van der Waals surface area (Å²) in [6.45, 7) is 0. The van der Waals surface area contributed by atoms with Crippen LogP contribution in [0.3, 0.4) is 0 Å². The molecule has 0 radical (unpaired) electrons. The molecule has 0 unspecified atom stereocenters. The van der Waals surface area contributed by atoms with Crippen molar-refractivity contribution in [1.29, 1.82) is 5.26 Å². The van der Waals surface area contributed by atoms with Gasteiger partial charge < -0.3 is 15.8 Å². The molecule has 0 aliphatic rings. The molecule has 0 saturated heterocycles. The minimum Gasteiger partial charge on any atom is -0.495 e. The van der Waals surface area contributed by atoms with Crippen LogP contribution in [0.2, 0.25) is 0 Å². The highest BCUT2D eigenvalue weighted by Gasteiger charge is 2.10. The van der Waals surface area contributed by atoms with E-state index in [1.165, 1.54) is 11.3 Å². The maximum atomic E-state index is 9.03. The van der Waals surface area contributed by atoms with Crippen LogP contribution in [0.5, 0.6) is 5.75 Å². The molecular weight excluding hydrogens is 236 g/mol. The fourth-order valence-corrected chi connectivity index (χ4v) is 1.96. The minimum atomic E-state index is 0.498. The summed E-state index contributed by atoms with van der Waals surface area (Å²) in [6.07, 6.45) is 1.56. The normalized spacial score (nSPS) is 9.65. The zero-order valence-electron chi connectivity index (χ0n) is 9.10. The Morgan fingerprint density at radius 1 is 1.53 bits per heavy atom. The van der Waals surface area contributed by atoms with Crippen molar-refractivity contribution in [3.8, 4) is 11.8 Å². The van der Waals surface area contributed by atoms with E-state index >= 15 is 0 Å². The average Bonchev–Trinajstić information content (AvgIpc) is 2.75. The molecule has 1 heterocycles. The van der Waals surface area contributed by atoms with Crippen molar-refractivity contribution < 1.29 is 4.74 Å². The molecule has 0 fully saturated rings. The van der Waals surface area contributed by atoms with Crippen molar-refractivity contribution in [3.05, 3.63) is 30.0 Å². The number of nitrogens with zero attached hydrogens (tertiary/aromatic N) is 2. The van der Waals surface area contributed by atoms with Crippen LogP contribution in [-0.2, 0) is 0 Å². The Morgan fingerprint density at radius 2 is 2.35 bits per heavy atom. The number of thiazole rings is 1. The van der Waals surface area contributed by atoms with Crippen molar-refractivity contribution in [2.45, 2.75) is 0 Å². The fraction of sp³-hybridized carbons (Fsp3) is 0.0909. The zero-order chi connectivity index (χ0) is 12.3. The Balaban J connectivity index is 2.40. The van der Waals surface area contributed by atoms with Gasteiger partial charge in [0.15, 0.2) is 5.13 Å². The van der Waals surface area contributed by atoms with E-state index in [2.05, 4.69) is 16.4 Å². The number of hydrogen-bond acceptors (Lipinski definition) is 6. The molecule has 0 amide bonds. The number of nitrogens with two attached hydrogens (primary N) is 1. The smallest absolute Gasteiger partial charge is 0.189 e. The summed E-state index contributed by atoms with van der Waals surface area (Å²) >= 11 is 1.31. The topological polar surface area (TPSA) is 84.0 Å². The molecule has 0 bridgehead atoms. The van der Waals surface area contributed by atoms with Gasteiger partial charge in [0.2, 0.25) is 0 Å². The molecule has 0 aliphatic heterocycles. The third-order valence-corrected chi connectivity index (χ3v) is 2.86. The number of benzene rings is 1. The van der Waals surface area contributed by atoms with E-state index in [1.54, 1.807) is 31.5 Å². The lowest BCUT2D eigenvalue weighted by atomic mass is 10.2. The van der Waals surface area contributed by atoms with Gasteiger partial charge in [0.25, 0.3) is 0 Å². The number of anilines is 3. The van der Waals surface area contributed by atoms with Gasteiger partial charge in [-0.1, -0.05) is 17.4 Å². The second-order valence-electron chi connectivity index (χ2n) is 3.19. The third-order valence-electron chi connectivity index (χ3n) is 2.12. The highest BCUT2D eigenvalue weighted by molar-refractivity contribution is 7.19. The second kappa shape index (κ2) is 4.72. The van der Waals surface area contributed by atoms with Crippen molar-refractivity contribution >= 4 is 27.2 Å². The Morgan fingerprint density at radius 3 is 2.94 bits per heavy atom. The molecular formula is C11H10N4OS. The highest BCUT2D eigenvalue weighted by atomic mass is 32.1. The van der Waals surface area contributed by atoms with E-state index < -0.39 is 0 Å². The molecule has 0 saturated carbocycles. The Hall–Kier alpha value is -2.26. The van der Waals surface area contributed by atoms with Gasteiger partial charge in [-0.2, -0.15) is 5.26 Å². The molecule has 2 aromatic rings. The van der Waals surface area contributed by atoms with Crippen LogP contribution in [0.4, 0.5) is 15.8 Å². The highest BCUT2D eigenvalue weighted by Crippen LogP contribution is 2.32. The van der Waals surface area contributed by atoms with Gasteiger partial charge in [-0.05, 0) is 12.1 Å². The van der Waals surface area contributed by atoms with Crippen LogP contribution in [0.25, 0.3) is 0 Å². The second-order valence-corrected chi connectivity index (χ2v) is 4.25. The molecule has 86 valence electrons. The number of nitrogen functional groups attached to an aromatic ring is 1. The first-order chi connectivity index (χ1) is 8.24. The van der Waals surface area contributed by atoms with Gasteiger partial charge in [-0.25, -0.2) is 4.98 Å². The van der Waals surface area contributed by atoms with Gasteiger partial charge >= 0.3 is 0 Å². The molecule has 0 spiro atoms. The van der Waals surface area contributed by atoms with Crippen LogP contribution in [0.15, 0.2) is 24.4 Å². The van der Waals surface area contributed by atoms with Crippen molar-refractivity contribution in [2.75, 3.05) is 18.2 Å². The van der Waals surface area contributed by atoms with Crippen LogP contribution in [-0.4, -0.2) is 12.1 Å². The molecule has 17 heavy (non-hydrogen) atoms. The quantitative estimate of drug-likeness (QED) is 0.868. The number of ether oxygens (including phenoxy) is 1. The standard InChI is InChI=1S/C11H10N4OS/c1-16-8-4-2-3-7(5-12)10(8)15-11-14-6-9(13)17-11/h2-4,6H,13H2,1H3,(H,14,15). The largest absolute Gasteiger partial charge is 0.495 e. The number of nitrogens with one attached hydrogen (secondary N) is 1. The molecule has 1 aromatic carbocycles. The molecule has 2 rings (SSSR count). The lowest BCUT2D eigenvalue weighted by Gasteiger charge is -2.10. The summed E-state index contributed by atoms with van der Waals surface area (Å²) in [4.78, 5) is 4.08. The zero-order valence-corrected chi connectivity index (χ0v) is 9.91. The average molecular weight is 246 g/mol. The van der Waals surface area contributed by atoms with E-state index in [4.69, 9.17) is 15.7 Å². The van der Waals surface area contributed by atoms with Crippen molar-refractivity contribution in [3.63, 3.8) is 0 Å². The first kappa shape index (κ1) is 11.2. The maximum Gasteiger partial charge on any atom is 0.189 e. The summed E-state index contributed by atoms with van der Waals surface area (Å²) in [5.74, 6) is 0.595. The Bertz CT molecular complexity index is 573. The van der Waals surface area contributed by atoms with Gasteiger partial charge in [0, 0.05) is 0 Å². The van der Waals surface area contributed by atoms with Crippen LogP contribution < -0.4 is 15.8 Å². The Kier molecular flexibility index (Phi) is 3.12. The van der Waals surface area contributed by atoms with E-state index in [9.17, 15) is 0 Å². The fourth-order valence-electron chi connectivity index (χ4n) is 1.37. The molecule has 1 aromatic heterocycles. The van der Waals surface area contributed by atoms with Crippen molar-refractivity contribution in [2.24, 2.45) is 0 Å². The molecule has 3 N–H and O–H groups in total. The van der Waals surface area contributed by atoms with E-state index in [1.807, 2.05) is 0 Å². The number of para-hydroxylation sites is 1. The Labute approximate surface area is 102 Å². The number of nitriles is 1. The number of methoxy groups -OCH3 is 1. The summed E-state index contributed by atoms with van der Waals surface area (Å²) in [7, 11) is 1.55. The monoisotopic (exact) mass is 246 g/mol. The molecule has 5 nitrogen and oxygen atoms in total. The predicted octanol–water partition coefficient (Wildman–Crippen LogP) is 2.35. The van der Waals surface area contributed by atoms with E-state index in [0.717, 1.165) is 0 Å². The molecule has 6 heteroatoms. The van der Waals surface area contributed by atoms with Crippen LogP contribution in [0, 0.1) is 11.3 Å². The summed E-state index contributed by atoms with van der Waals surface area (Å²) in [6, 6.07) is 7.35. The number of rotatable bonds is 3. The number of aromatic nitrogens is 1. The lowest BCUT2D eigenvalue weighted by Crippen LogP contribution is -1.96. The van der Waals surface area contributed by atoms with Crippen LogP contribution in [0.1, 0.15) is 5.56 Å². The van der Waals surface area contributed by atoms with Gasteiger partial charge in [0.1, 0.15) is 22.5 Å². The van der Waals surface area contributed by atoms with Crippen LogP contribution >= 0.6 is 11.3 Å². The van der Waals surface area contributed by atoms with Crippen molar-refractivity contribution in [1.82, 2.24) is 4.98 Å². The summed E-state index contributed by atoms with van der Waals surface area (Å²) in [5.41, 5.74) is 6.69. The molecule has 0 atom stereocenters. The lowest BCUT2D eigenvalue weighted by molar-refractivity contribution is 0.416. The van der Waals surface area contributed by atoms with Gasteiger partial charge in [0.05, 0.1) is 18.9 Å². The predicted molar refractivity (Wildman–Crippen MR) is 67.5 cm³/mol. The van der Waals surface area contributed by atoms with E-state index in [-0.39, 0.29) is 0 Å². The number of hydrogen-bond donors (Lipinski definition) is 2. The SMILES string of the molecule is COc1cccc(C#N)c1Nc1ncc(N)s1. The first-order valence-electron chi connectivity index (χ1n) is 4.80.